The molecule has 1 fully saturated rings. The van der Waals surface area contributed by atoms with Gasteiger partial charge in [-0.15, -0.1) is 0 Å². The minimum absolute atomic E-state index is 0.159. The van der Waals surface area contributed by atoms with Gasteiger partial charge >= 0.3 is 0 Å². The van der Waals surface area contributed by atoms with Gasteiger partial charge in [0.05, 0.1) is 12.2 Å². The van der Waals surface area contributed by atoms with Gasteiger partial charge in [-0.25, -0.2) is 4.39 Å². The largest absolute Gasteiger partial charge is 0.480 e. The first-order chi connectivity index (χ1) is 7.79. The Bertz CT molecular complexity index is 399. The number of rotatable bonds is 0. The van der Waals surface area contributed by atoms with Crippen molar-refractivity contribution in [3.8, 4) is 5.75 Å². The summed E-state index contributed by atoms with van der Waals surface area (Å²) >= 11 is 0. The summed E-state index contributed by atoms with van der Waals surface area (Å²) in [5, 5.41) is 3.30. The van der Waals surface area contributed by atoms with Crippen molar-refractivity contribution in [1.29, 1.82) is 0 Å². The number of hydrogen-bond donors (Lipinski definition) is 1. The van der Waals surface area contributed by atoms with Gasteiger partial charge < -0.3 is 10.1 Å². The Hall–Kier alpha value is -1.25. The van der Waals surface area contributed by atoms with Crippen LogP contribution in [0.1, 0.15) is 32.1 Å². The van der Waals surface area contributed by atoms with Gasteiger partial charge in [-0.2, -0.15) is 0 Å². The lowest BCUT2D eigenvalue weighted by molar-refractivity contribution is 0.0330. The predicted molar refractivity (Wildman–Crippen MR) is 61.3 cm³/mol. The van der Waals surface area contributed by atoms with E-state index in [0.29, 0.717) is 5.75 Å². The molecule has 86 valence electrons. The Morgan fingerprint density at radius 2 is 2.00 bits per heavy atom. The fourth-order valence-corrected chi connectivity index (χ4v) is 2.74. The summed E-state index contributed by atoms with van der Waals surface area (Å²) in [4.78, 5) is 0. The van der Waals surface area contributed by atoms with Gasteiger partial charge in [-0.1, -0.05) is 12.5 Å². The molecule has 1 aliphatic heterocycles. The Balaban J connectivity index is 1.92. The maximum atomic E-state index is 13.6. The second-order valence-corrected chi connectivity index (χ2v) is 4.82. The molecule has 1 N–H and O–H groups in total. The first-order valence-electron chi connectivity index (χ1n) is 6.01. The molecule has 1 heterocycles. The Morgan fingerprint density at radius 3 is 2.81 bits per heavy atom. The number of para-hydroxylation sites is 1. The normalized spacial score (nSPS) is 22.1. The number of nitrogens with one attached hydrogen (secondary N) is 1. The van der Waals surface area contributed by atoms with Crippen LogP contribution >= 0.6 is 0 Å². The second kappa shape index (κ2) is 3.65. The van der Waals surface area contributed by atoms with Crippen LogP contribution < -0.4 is 10.1 Å². The van der Waals surface area contributed by atoms with Crippen LogP contribution in [0, 0.1) is 5.82 Å². The minimum atomic E-state index is -0.255. The van der Waals surface area contributed by atoms with Crippen molar-refractivity contribution in [3.05, 3.63) is 24.0 Å². The van der Waals surface area contributed by atoms with Gasteiger partial charge in [-0.05, 0) is 37.8 Å². The monoisotopic (exact) mass is 221 g/mol. The van der Waals surface area contributed by atoms with E-state index in [2.05, 4.69) is 5.32 Å². The van der Waals surface area contributed by atoms with Crippen LogP contribution in [0.25, 0.3) is 0 Å². The fourth-order valence-electron chi connectivity index (χ4n) is 2.74. The molecule has 1 saturated carbocycles. The van der Waals surface area contributed by atoms with E-state index in [4.69, 9.17) is 4.74 Å². The Morgan fingerprint density at radius 1 is 1.19 bits per heavy atom. The van der Waals surface area contributed by atoms with Crippen molar-refractivity contribution in [1.82, 2.24) is 0 Å². The van der Waals surface area contributed by atoms with Gasteiger partial charge in [0.1, 0.15) is 5.60 Å². The van der Waals surface area contributed by atoms with E-state index < -0.39 is 0 Å². The van der Waals surface area contributed by atoms with Crippen LogP contribution in [0.5, 0.6) is 5.75 Å². The van der Waals surface area contributed by atoms with E-state index in [1.54, 1.807) is 6.07 Å². The van der Waals surface area contributed by atoms with Crippen LogP contribution in [0.3, 0.4) is 0 Å². The van der Waals surface area contributed by atoms with E-state index >= 15 is 0 Å². The highest BCUT2D eigenvalue weighted by molar-refractivity contribution is 5.59. The molecule has 3 rings (SSSR count). The minimum Gasteiger partial charge on any atom is -0.480 e. The highest BCUT2D eigenvalue weighted by Gasteiger charge is 2.38. The quantitative estimate of drug-likeness (QED) is 0.725. The molecule has 0 atom stereocenters. The lowest BCUT2D eigenvalue weighted by Crippen LogP contribution is -2.47. The molecule has 0 saturated heterocycles. The lowest BCUT2D eigenvalue weighted by Gasteiger charge is -2.41. The summed E-state index contributed by atoms with van der Waals surface area (Å²) in [6, 6.07) is 5.04. The molecule has 16 heavy (non-hydrogen) atoms. The maximum absolute atomic E-state index is 13.6. The van der Waals surface area contributed by atoms with Crippen molar-refractivity contribution in [2.45, 2.75) is 37.7 Å². The van der Waals surface area contributed by atoms with Crippen molar-refractivity contribution in [2.24, 2.45) is 0 Å². The fraction of sp³-hybridized carbons (Fsp3) is 0.538. The van der Waals surface area contributed by atoms with Crippen molar-refractivity contribution < 1.29 is 9.13 Å². The van der Waals surface area contributed by atoms with Gasteiger partial charge in [0, 0.05) is 0 Å². The van der Waals surface area contributed by atoms with Crippen LogP contribution in [0.15, 0.2) is 18.2 Å². The first kappa shape index (κ1) is 9.94. The maximum Gasteiger partial charge on any atom is 0.178 e. The van der Waals surface area contributed by atoms with E-state index in [1.807, 2.05) is 6.07 Å². The third-order valence-electron chi connectivity index (χ3n) is 3.65. The van der Waals surface area contributed by atoms with Crippen LogP contribution in [0.2, 0.25) is 0 Å². The second-order valence-electron chi connectivity index (χ2n) is 4.82. The molecule has 1 aromatic carbocycles. The van der Waals surface area contributed by atoms with E-state index in [9.17, 15) is 4.39 Å². The molecule has 1 aliphatic carbocycles. The SMILES string of the molecule is Fc1cccc2c1OC1(CCCCC1)CN2. The third-order valence-corrected chi connectivity index (χ3v) is 3.65. The predicted octanol–water partition coefficient (Wildman–Crippen LogP) is 3.33. The highest BCUT2D eigenvalue weighted by Crippen LogP contribution is 2.41. The van der Waals surface area contributed by atoms with E-state index in [-0.39, 0.29) is 11.4 Å². The summed E-state index contributed by atoms with van der Waals surface area (Å²) in [5.74, 6) is 0.158. The highest BCUT2D eigenvalue weighted by atomic mass is 19.1. The van der Waals surface area contributed by atoms with Crippen molar-refractivity contribution in [2.75, 3.05) is 11.9 Å². The van der Waals surface area contributed by atoms with Gasteiger partial charge in [-0.3, -0.25) is 0 Å². The van der Waals surface area contributed by atoms with Crippen LogP contribution in [-0.2, 0) is 0 Å². The van der Waals surface area contributed by atoms with Crippen LogP contribution in [-0.4, -0.2) is 12.1 Å². The summed E-state index contributed by atoms with van der Waals surface area (Å²) in [7, 11) is 0. The number of ether oxygens (including phenoxy) is 1. The number of hydrogen-bond acceptors (Lipinski definition) is 2. The molecule has 0 unspecified atom stereocenters. The average Bonchev–Trinajstić information content (AvgIpc) is 2.32. The Labute approximate surface area is 94.8 Å². The number of anilines is 1. The molecule has 1 spiro atoms. The number of benzene rings is 1. The molecule has 0 aromatic heterocycles. The lowest BCUT2D eigenvalue weighted by atomic mass is 9.83. The smallest absolute Gasteiger partial charge is 0.178 e. The zero-order chi connectivity index (χ0) is 11.0. The van der Waals surface area contributed by atoms with Crippen molar-refractivity contribution >= 4 is 5.69 Å². The molecule has 0 radical (unpaired) electrons. The third kappa shape index (κ3) is 1.55. The number of fused-ring (bicyclic) bond motifs is 1. The summed E-state index contributed by atoms with van der Waals surface area (Å²) in [6.45, 7) is 0.809. The number of halogens is 1. The molecule has 0 bridgehead atoms. The summed E-state index contributed by atoms with van der Waals surface area (Å²) < 4.78 is 19.6. The summed E-state index contributed by atoms with van der Waals surface area (Å²) in [5.41, 5.74) is 0.629. The topological polar surface area (TPSA) is 21.3 Å². The molecule has 2 aliphatic rings. The molecular weight excluding hydrogens is 205 g/mol. The first-order valence-corrected chi connectivity index (χ1v) is 6.01. The van der Waals surface area contributed by atoms with Gasteiger partial charge in [0.25, 0.3) is 0 Å². The zero-order valence-corrected chi connectivity index (χ0v) is 9.26. The molecule has 0 amide bonds. The molecular formula is C13H16FNO. The van der Waals surface area contributed by atoms with E-state index in [1.165, 1.54) is 25.3 Å². The van der Waals surface area contributed by atoms with Gasteiger partial charge in [0.2, 0.25) is 0 Å². The van der Waals surface area contributed by atoms with Crippen molar-refractivity contribution in [3.63, 3.8) is 0 Å². The van der Waals surface area contributed by atoms with E-state index in [0.717, 1.165) is 25.1 Å². The van der Waals surface area contributed by atoms with Gasteiger partial charge in [0.15, 0.2) is 11.6 Å². The molecule has 2 nitrogen and oxygen atoms in total. The Kier molecular flexibility index (Phi) is 2.27. The van der Waals surface area contributed by atoms with Crippen LogP contribution in [0.4, 0.5) is 10.1 Å². The standard InChI is InChI=1S/C13H16FNO/c14-10-5-4-6-11-12(10)16-13(9-15-11)7-2-1-3-8-13/h4-6,15H,1-3,7-9H2. The molecule has 3 heteroatoms. The average molecular weight is 221 g/mol. The summed E-state index contributed by atoms with van der Waals surface area (Å²) in [6.07, 6.45) is 5.72. The molecule has 1 aromatic rings. The zero-order valence-electron chi connectivity index (χ0n) is 9.26.